The summed E-state index contributed by atoms with van der Waals surface area (Å²) in [5.74, 6) is -1.34. The van der Waals surface area contributed by atoms with Crippen molar-refractivity contribution in [2.24, 2.45) is 0 Å². The highest BCUT2D eigenvalue weighted by Crippen LogP contribution is 2.26. The van der Waals surface area contributed by atoms with Gasteiger partial charge in [0.2, 0.25) is 12.1 Å². The van der Waals surface area contributed by atoms with Crippen LogP contribution in [0, 0.1) is 0 Å². The van der Waals surface area contributed by atoms with E-state index in [1.165, 1.54) is 27.4 Å². The molecule has 0 atom stereocenters. The van der Waals surface area contributed by atoms with Gasteiger partial charge in [-0.25, -0.2) is 4.79 Å². The summed E-state index contributed by atoms with van der Waals surface area (Å²) in [4.78, 5) is 24.7. The lowest BCUT2D eigenvalue weighted by Crippen LogP contribution is -2.29. The second-order valence-corrected chi connectivity index (χ2v) is 5.17. The highest BCUT2D eigenvalue weighted by atomic mass is 16.7. The summed E-state index contributed by atoms with van der Waals surface area (Å²) >= 11 is 0. The lowest BCUT2D eigenvalue weighted by molar-refractivity contribution is -0.155. The van der Waals surface area contributed by atoms with Gasteiger partial charge in [0, 0.05) is 14.2 Å². The zero-order chi connectivity index (χ0) is 18.2. The van der Waals surface area contributed by atoms with Crippen LogP contribution in [0.25, 0.3) is 17.2 Å². The normalized spacial score (nSPS) is 11.4. The fourth-order valence-corrected chi connectivity index (χ4v) is 2.44. The third kappa shape index (κ3) is 4.41. The predicted octanol–water partition coefficient (Wildman–Crippen LogP) is 3.10. The van der Waals surface area contributed by atoms with Crippen LogP contribution in [0.3, 0.4) is 0 Å². The van der Waals surface area contributed by atoms with Gasteiger partial charge in [0.25, 0.3) is 0 Å². The summed E-state index contributed by atoms with van der Waals surface area (Å²) in [6, 6.07) is 17.2. The molecule has 5 nitrogen and oxygen atoms in total. The van der Waals surface area contributed by atoms with Crippen molar-refractivity contribution in [3.8, 4) is 11.1 Å². The van der Waals surface area contributed by atoms with Gasteiger partial charge in [-0.05, 0) is 22.8 Å². The number of hydrogen-bond donors (Lipinski definition) is 0. The molecule has 0 saturated heterocycles. The molecule has 0 fully saturated rings. The molecule has 0 aliphatic carbocycles. The van der Waals surface area contributed by atoms with Crippen LogP contribution in [0.2, 0.25) is 0 Å². The Morgan fingerprint density at radius 2 is 1.48 bits per heavy atom. The summed E-state index contributed by atoms with van der Waals surface area (Å²) in [5, 5.41) is 0. The first-order chi connectivity index (χ1) is 12.1. The first kappa shape index (κ1) is 18.6. The molecule has 2 aromatic rings. The van der Waals surface area contributed by atoms with Gasteiger partial charge in [0.15, 0.2) is 0 Å². The standard InChI is InChI=1S/C20H20O5/c1-23-19(22)17(18(21)20(24-2)25-3)13-15-11-7-8-12-16(15)14-9-5-4-6-10-14/h4-13,20H,1-3H3/b17-13+. The molecule has 0 saturated carbocycles. The van der Waals surface area contributed by atoms with Gasteiger partial charge in [0.05, 0.1) is 7.11 Å². The number of esters is 1. The molecule has 130 valence electrons. The van der Waals surface area contributed by atoms with E-state index in [0.717, 1.165) is 11.1 Å². The minimum Gasteiger partial charge on any atom is -0.465 e. The van der Waals surface area contributed by atoms with Crippen LogP contribution in [0.4, 0.5) is 0 Å². The Labute approximate surface area is 146 Å². The molecule has 5 heteroatoms. The third-order valence-electron chi connectivity index (χ3n) is 3.66. The van der Waals surface area contributed by atoms with Gasteiger partial charge in [0.1, 0.15) is 5.57 Å². The highest BCUT2D eigenvalue weighted by Gasteiger charge is 2.27. The molecule has 2 aromatic carbocycles. The van der Waals surface area contributed by atoms with E-state index in [-0.39, 0.29) is 5.57 Å². The van der Waals surface area contributed by atoms with Crippen molar-refractivity contribution in [1.29, 1.82) is 0 Å². The van der Waals surface area contributed by atoms with E-state index in [1.54, 1.807) is 0 Å². The second kappa shape index (κ2) is 8.92. The van der Waals surface area contributed by atoms with Crippen LogP contribution in [0.15, 0.2) is 60.2 Å². The van der Waals surface area contributed by atoms with Gasteiger partial charge in [-0.3, -0.25) is 4.79 Å². The van der Waals surface area contributed by atoms with Gasteiger partial charge >= 0.3 is 5.97 Å². The van der Waals surface area contributed by atoms with Crippen LogP contribution in [-0.2, 0) is 23.8 Å². The maximum Gasteiger partial charge on any atom is 0.341 e. The Hall–Kier alpha value is -2.76. The largest absolute Gasteiger partial charge is 0.465 e. The zero-order valence-corrected chi connectivity index (χ0v) is 14.4. The van der Waals surface area contributed by atoms with Crippen molar-refractivity contribution >= 4 is 17.8 Å². The number of carbonyl (C=O) groups excluding carboxylic acids is 2. The van der Waals surface area contributed by atoms with Crippen molar-refractivity contribution in [1.82, 2.24) is 0 Å². The maximum absolute atomic E-state index is 12.5. The van der Waals surface area contributed by atoms with E-state index in [9.17, 15) is 9.59 Å². The molecule has 0 N–H and O–H groups in total. The lowest BCUT2D eigenvalue weighted by Gasteiger charge is -2.14. The fourth-order valence-electron chi connectivity index (χ4n) is 2.44. The number of hydrogen-bond acceptors (Lipinski definition) is 5. The van der Waals surface area contributed by atoms with E-state index >= 15 is 0 Å². The maximum atomic E-state index is 12.5. The molecule has 0 spiro atoms. The molecule has 0 bridgehead atoms. The van der Waals surface area contributed by atoms with Crippen LogP contribution in [0.1, 0.15) is 5.56 Å². The minimum atomic E-state index is -1.17. The van der Waals surface area contributed by atoms with Crippen molar-refractivity contribution in [2.75, 3.05) is 21.3 Å². The highest BCUT2D eigenvalue weighted by molar-refractivity contribution is 6.22. The molecule has 2 rings (SSSR count). The Kier molecular flexibility index (Phi) is 6.62. The molecule has 0 aliphatic rings. The number of Topliss-reactive ketones (excluding diaryl/α,β-unsaturated/α-hetero) is 1. The number of benzene rings is 2. The molecule has 0 heterocycles. The topological polar surface area (TPSA) is 61.8 Å². The van der Waals surface area contributed by atoms with Gasteiger partial charge in [-0.1, -0.05) is 54.6 Å². The molecule has 0 unspecified atom stereocenters. The molecule has 0 aliphatic heterocycles. The summed E-state index contributed by atoms with van der Waals surface area (Å²) in [6.07, 6.45) is 0.330. The van der Waals surface area contributed by atoms with E-state index in [2.05, 4.69) is 0 Å². The zero-order valence-electron chi connectivity index (χ0n) is 14.4. The van der Waals surface area contributed by atoms with E-state index < -0.39 is 18.0 Å². The molecular weight excluding hydrogens is 320 g/mol. The van der Waals surface area contributed by atoms with E-state index in [1.807, 2.05) is 54.6 Å². The minimum absolute atomic E-state index is 0.139. The Morgan fingerprint density at radius 3 is 2.08 bits per heavy atom. The van der Waals surface area contributed by atoms with Gasteiger partial charge < -0.3 is 14.2 Å². The summed E-state index contributed by atoms with van der Waals surface area (Å²) in [7, 11) is 3.89. The van der Waals surface area contributed by atoms with Crippen molar-refractivity contribution in [3.05, 3.63) is 65.7 Å². The molecule has 0 amide bonds. The first-order valence-electron chi connectivity index (χ1n) is 7.66. The van der Waals surface area contributed by atoms with Gasteiger partial charge in [-0.15, -0.1) is 0 Å². The van der Waals surface area contributed by atoms with Crippen molar-refractivity contribution < 1.29 is 23.8 Å². The number of ether oxygens (including phenoxy) is 3. The Morgan fingerprint density at radius 1 is 0.880 bits per heavy atom. The molecule has 0 radical (unpaired) electrons. The van der Waals surface area contributed by atoms with Crippen LogP contribution < -0.4 is 0 Å². The molecule has 25 heavy (non-hydrogen) atoms. The predicted molar refractivity (Wildman–Crippen MR) is 94.7 cm³/mol. The van der Waals surface area contributed by atoms with Crippen LogP contribution >= 0.6 is 0 Å². The number of ketones is 1. The summed E-state index contributed by atoms with van der Waals surface area (Å²) in [5.41, 5.74) is 2.44. The quantitative estimate of drug-likeness (QED) is 0.255. The lowest BCUT2D eigenvalue weighted by atomic mass is 9.97. The molecule has 0 aromatic heterocycles. The third-order valence-corrected chi connectivity index (χ3v) is 3.66. The average molecular weight is 340 g/mol. The second-order valence-electron chi connectivity index (χ2n) is 5.17. The monoisotopic (exact) mass is 340 g/mol. The van der Waals surface area contributed by atoms with E-state index in [4.69, 9.17) is 14.2 Å². The number of carbonyl (C=O) groups is 2. The number of rotatable bonds is 7. The first-order valence-corrected chi connectivity index (χ1v) is 7.66. The Balaban J connectivity index is 2.54. The smallest absolute Gasteiger partial charge is 0.341 e. The average Bonchev–Trinajstić information content (AvgIpc) is 2.67. The summed E-state index contributed by atoms with van der Waals surface area (Å²) < 4.78 is 14.7. The molecular formula is C20H20O5. The fraction of sp³-hybridized carbons (Fsp3) is 0.200. The SMILES string of the molecule is COC(=O)/C(=C/c1ccccc1-c1ccccc1)C(=O)C(OC)OC. The number of methoxy groups -OCH3 is 3. The van der Waals surface area contributed by atoms with Crippen molar-refractivity contribution in [2.45, 2.75) is 6.29 Å². The van der Waals surface area contributed by atoms with E-state index in [0.29, 0.717) is 5.56 Å². The van der Waals surface area contributed by atoms with Gasteiger partial charge in [-0.2, -0.15) is 0 Å². The van der Waals surface area contributed by atoms with Crippen LogP contribution in [-0.4, -0.2) is 39.4 Å². The van der Waals surface area contributed by atoms with Crippen molar-refractivity contribution in [3.63, 3.8) is 0 Å². The van der Waals surface area contributed by atoms with Crippen LogP contribution in [0.5, 0.6) is 0 Å². The Bertz CT molecular complexity index is 761. The summed E-state index contributed by atoms with van der Waals surface area (Å²) in [6.45, 7) is 0.